The maximum atomic E-state index is 11.6. The average Bonchev–Trinajstić information content (AvgIpc) is 2.75. The summed E-state index contributed by atoms with van der Waals surface area (Å²) in [6.45, 7) is 5.10. The first-order chi connectivity index (χ1) is 14.8. The number of hydrogen-bond acceptors (Lipinski definition) is 4. The molecule has 0 bridgehead atoms. The number of guanidine groups is 1. The van der Waals surface area contributed by atoms with E-state index in [9.17, 15) is 8.42 Å². The van der Waals surface area contributed by atoms with Crippen LogP contribution in [-0.2, 0) is 22.8 Å². The molecule has 6 nitrogen and oxygen atoms in total. The molecule has 0 saturated carbocycles. The van der Waals surface area contributed by atoms with Gasteiger partial charge < -0.3 is 10.6 Å². The topological polar surface area (TPSA) is 73.8 Å². The molecule has 1 saturated heterocycles. The van der Waals surface area contributed by atoms with Crippen molar-refractivity contribution in [2.75, 3.05) is 26.4 Å². The van der Waals surface area contributed by atoms with Crippen molar-refractivity contribution in [1.82, 2.24) is 15.5 Å². The largest absolute Gasteiger partial charge is 0.356 e. The molecule has 0 spiro atoms. The lowest BCUT2D eigenvalue weighted by atomic mass is 9.97. The fourth-order valence-corrected chi connectivity index (χ4v) is 4.65. The lowest BCUT2D eigenvalue weighted by Crippen LogP contribution is -2.51. The minimum Gasteiger partial charge on any atom is -0.356 e. The highest BCUT2D eigenvalue weighted by atomic mass is 127. The molecule has 2 atom stereocenters. The Kier molecular flexibility index (Phi) is 10.4. The van der Waals surface area contributed by atoms with Crippen LogP contribution in [0.1, 0.15) is 30.9 Å². The van der Waals surface area contributed by atoms with Gasteiger partial charge in [0, 0.05) is 45.0 Å². The number of halogens is 1. The molecule has 2 aromatic carbocycles. The van der Waals surface area contributed by atoms with Crippen LogP contribution in [0, 0.1) is 0 Å². The molecule has 1 fully saturated rings. The van der Waals surface area contributed by atoms with Crippen LogP contribution in [0.15, 0.2) is 64.5 Å². The monoisotopic (exact) mass is 570 g/mol. The first-order valence-corrected chi connectivity index (χ1v) is 12.8. The van der Waals surface area contributed by atoms with Gasteiger partial charge in [0.25, 0.3) is 0 Å². The van der Waals surface area contributed by atoms with Crippen molar-refractivity contribution >= 4 is 39.8 Å². The fourth-order valence-electron chi connectivity index (χ4n) is 4.02. The number of sulfone groups is 1. The van der Waals surface area contributed by atoms with Crippen molar-refractivity contribution in [3.63, 3.8) is 0 Å². The van der Waals surface area contributed by atoms with Gasteiger partial charge in [0.2, 0.25) is 0 Å². The zero-order chi connectivity index (χ0) is 22.3. The van der Waals surface area contributed by atoms with E-state index in [1.165, 1.54) is 11.8 Å². The van der Waals surface area contributed by atoms with E-state index in [-0.39, 0.29) is 24.0 Å². The van der Waals surface area contributed by atoms with Gasteiger partial charge in [-0.15, -0.1) is 24.0 Å². The van der Waals surface area contributed by atoms with Gasteiger partial charge in [-0.25, -0.2) is 8.42 Å². The highest BCUT2D eigenvalue weighted by Crippen LogP contribution is 2.20. The van der Waals surface area contributed by atoms with Gasteiger partial charge in [-0.3, -0.25) is 9.89 Å². The molecular weight excluding hydrogens is 535 g/mol. The van der Waals surface area contributed by atoms with E-state index in [0.717, 1.165) is 50.4 Å². The van der Waals surface area contributed by atoms with Crippen LogP contribution >= 0.6 is 24.0 Å². The fraction of sp³-hybridized carbons (Fsp3) is 0.458. The number of nitrogens with zero attached hydrogens (tertiary/aromatic N) is 2. The minimum atomic E-state index is -3.15. The van der Waals surface area contributed by atoms with Crippen molar-refractivity contribution in [2.45, 2.75) is 49.7 Å². The molecule has 3 rings (SSSR count). The Morgan fingerprint density at radius 2 is 1.78 bits per heavy atom. The van der Waals surface area contributed by atoms with Crippen LogP contribution in [0.25, 0.3) is 0 Å². The summed E-state index contributed by atoms with van der Waals surface area (Å²) in [6, 6.07) is 18.6. The predicted octanol–water partition coefficient (Wildman–Crippen LogP) is 3.47. The second-order valence-corrected chi connectivity index (χ2v) is 10.4. The number of hydrogen-bond donors (Lipinski definition) is 2. The summed E-state index contributed by atoms with van der Waals surface area (Å²) in [7, 11) is -1.35. The van der Waals surface area contributed by atoms with Crippen molar-refractivity contribution in [3.8, 4) is 0 Å². The predicted molar refractivity (Wildman–Crippen MR) is 143 cm³/mol. The molecule has 32 heavy (non-hydrogen) atoms. The Labute approximate surface area is 209 Å². The van der Waals surface area contributed by atoms with E-state index in [2.05, 4.69) is 57.8 Å². The quantitative estimate of drug-likeness (QED) is 0.303. The highest BCUT2D eigenvalue weighted by molar-refractivity contribution is 14.0. The molecule has 0 radical (unpaired) electrons. The lowest BCUT2D eigenvalue weighted by molar-refractivity contribution is 0.134. The van der Waals surface area contributed by atoms with Gasteiger partial charge in [0.05, 0.1) is 4.90 Å². The van der Waals surface area contributed by atoms with E-state index < -0.39 is 9.84 Å². The molecule has 1 aliphatic rings. The van der Waals surface area contributed by atoms with Crippen LogP contribution in [0.3, 0.4) is 0 Å². The second-order valence-electron chi connectivity index (χ2n) is 8.34. The number of aliphatic imine (C=N–C) groups is 1. The number of piperidine rings is 1. The second kappa shape index (κ2) is 12.6. The SMILES string of the molecule is CN=C(NCCc1ccc(S(C)(=O)=O)cc1)NC1CCN(Cc2ccccc2)C(C)C1.I. The van der Waals surface area contributed by atoms with Crippen LogP contribution in [0.5, 0.6) is 0 Å². The van der Waals surface area contributed by atoms with E-state index >= 15 is 0 Å². The number of nitrogens with one attached hydrogen (secondary N) is 2. The summed E-state index contributed by atoms with van der Waals surface area (Å²) in [5, 5.41) is 6.95. The maximum Gasteiger partial charge on any atom is 0.191 e. The number of likely N-dealkylation sites (tertiary alicyclic amines) is 1. The Morgan fingerprint density at radius 3 is 2.38 bits per heavy atom. The zero-order valence-electron chi connectivity index (χ0n) is 19.1. The first-order valence-electron chi connectivity index (χ1n) is 10.9. The van der Waals surface area contributed by atoms with Crippen molar-refractivity contribution in [2.24, 2.45) is 4.99 Å². The first kappa shape index (κ1) is 26.6. The summed E-state index contributed by atoms with van der Waals surface area (Å²) in [6.07, 6.45) is 4.20. The normalized spacial score (nSPS) is 19.8. The van der Waals surface area contributed by atoms with Crippen LogP contribution in [-0.4, -0.2) is 57.8 Å². The smallest absolute Gasteiger partial charge is 0.191 e. The average molecular weight is 571 g/mol. The molecule has 0 aliphatic carbocycles. The third-order valence-corrected chi connectivity index (χ3v) is 6.99. The van der Waals surface area contributed by atoms with E-state index in [4.69, 9.17) is 0 Å². The molecule has 1 heterocycles. The molecule has 2 unspecified atom stereocenters. The minimum absolute atomic E-state index is 0. The summed E-state index contributed by atoms with van der Waals surface area (Å²) in [5.41, 5.74) is 2.46. The third kappa shape index (κ3) is 8.04. The third-order valence-electron chi connectivity index (χ3n) is 5.86. The van der Waals surface area contributed by atoms with Gasteiger partial charge in [-0.1, -0.05) is 42.5 Å². The van der Waals surface area contributed by atoms with Crippen LogP contribution in [0.2, 0.25) is 0 Å². The van der Waals surface area contributed by atoms with Gasteiger partial charge in [-0.2, -0.15) is 0 Å². The zero-order valence-corrected chi connectivity index (χ0v) is 22.3. The molecular formula is C24H35IN4O2S. The standard InChI is InChI=1S/C24H34N4O2S.HI/c1-19-17-22(14-16-28(19)18-21-7-5-4-6-8-21)27-24(25-2)26-15-13-20-9-11-23(12-10-20)31(3,29)30;/h4-12,19,22H,13-18H2,1-3H3,(H2,25,26,27);1H. The van der Waals surface area contributed by atoms with Crippen molar-refractivity contribution in [3.05, 3.63) is 65.7 Å². The van der Waals surface area contributed by atoms with E-state index in [0.29, 0.717) is 17.0 Å². The van der Waals surface area contributed by atoms with Crippen molar-refractivity contribution < 1.29 is 8.42 Å². The molecule has 176 valence electrons. The maximum absolute atomic E-state index is 11.6. The van der Waals surface area contributed by atoms with Gasteiger partial charge >= 0.3 is 0 Å². The Morgan fingerprint density at radius 1 is 1.09 bits per heavy atom. The summed E-state index contributed by atoms with van der Waals surface area (Å²) in [5.74, 6) is 0.821. The Bertz CT molecular complexity index is 965. The summed E-state index contributed by atoms with van der Waals surface area (Å²) in [4.78, 5) is 7.27. The van der Waals surface area contributed by atoms with Gasteiger partial charge in [-0.05, 0) is 49.4 Å². The lowest BCUT2D eigenvalue weighted by Gasteiger charge is -2.38. The molecule has 1 aliphatic heterocycles. The molecule has 2 aromatic rings. The summed E-state index contributed by atoms with van der Waals surface area (Å²) < 4.78 is 23.1. The number of benzene rings is 2. The van der Waals surface area contributed by atoms with Crippen LogP contribution < -0.4 is 10.6 Å². The summed E-state index contributed by atoms with van der Waals surface area (Å²) >= 11 is 0. The van der Waals surface area contributed by atoms with Crippen LogP contribution in [0.4, 0.5) is 0 Å². The Balaban J connectivity index is 0.00000363. The Hall–Kier alpha value is -1.65. The van der Waals surface area contributed by atoms with Gasteiger partial charge in [0.1, 0.15) is 0 Å². The molecule has 0 aromatic heterocycles. The number of rotatable bonds is 7. The van der Waals surface area contributed by atoms with E-state index in [1.54, 1.807) is 19.2 Å². The molecule has 0 amide bonds. The molecule has 2 N–H and O–H groups in total. The van der Waals surface area contributed by atoms with Gasteiger partial charge in [0.15, 0.2) is 15.8 Å². The molecule has 8 heteroatoms. The highest BCUT2D eigenvalue weighted by Gasteiger charge is 2.25. The van der Waals surface area contributed by atoms with Crippen molar-refractivity contribution in [1.29, 1.82) is 0 Å². The van der Waals surface area contributed by atoms with E-state index in [1.807, 2.05) is 12.1 Å².